The van der Waals surface area contributed by atoms with Gasteiger partial charge in [0.1, 0.15) is 5.01 Å². The van der Waals surface area contributed by atoms with Crippen LogP contribution in [0, 0.1) is 5.92 Å². The Balaban J connectivity index is 1.21. The highest BCUT2D eigenvalue weighted by Crippen LogP contribution is 2.43. The zero-order valence-electron chi connectivity index (χ0n) is 14.3. The Labute approximate surface area is 150 Å². The van der Waals surface area contributed by atoms with Crippen molar-refractivity contribution >= 4 is 16.5 Å². The molecule has 0 unspecified atom stereocenters. The van der Waals surface area contributed by atoms with E-state index in [2.05, 4.69) is 20.2 Å². The normalized spacial score (nSPS) is 21.7. The molecule has 1 saturated heterocycles. The van der Waals surface area contributed by atoms with Crippen LogP contribution < -0.4 is 10.5 Å². The van der Waals surface area contributed by atoms with E-state index >= 15 is 0 Å². The number of nitrogens with zero attached hydrogens (tertiary/aromatic N) is 5. The predicted octanol–water partition coefficient (Wildman–Crippen LogP) is 2.77. The molecular weight excluding hydrogens is 334 g/mol. The molecule has 0 amide bonds. The van der Waals surface area contributed by atoms with Gasteiger partial charge in [-0.1, -0.05) is 11.3 Å². The van der Waals surface area contributed by atoms with Crippen molar-refractivity contribution in [2.45, 2.75) is 56.9 Å². The fourth-order valence-electron chi connectivity index (χ4n) is 3.59. The third-order valence-corrected chi connectivity index (χ3v) is 6.70. The Morgan fingerprint density at radius 1 is 1.00 bits per heavy atom. The lowest BCUT2D eigenvalue weighted by Crippen LogP contribution is -2.37. The average Bonchev–Trinajstić information content (AvgIpc) is 3.56. The summed E-state index contributed by atoms with van der Waals surface area (Å²) in [4.78, 5) is 14.5. The molecule has 5 rings (SSSR count). The van der Waals surface area contributed by atoms with Gasteiger partial charge in [-0.05, 0) is 50.5 Å². The number of piperidine rings is 1. The molecule has 3 aliphatic rings. The van der Waals surface area contributed by atoms with Crippen LogP contribution in [0.3, 0.4) is 0 Å². The van der Waals surface area contributed by atoms with E-state index in [-0.39, 0.29) is 5.56 Å². The van der Waals surface area contributed by atoms with Crippen molar-refractivity contribution in [3.63, 3.8) is 0 Å². The number of hydrogen-bond donors (Lipinski definition) is 0. The third kappa shape index (κ3) is 3.34. The topological polar surface area (TPSA) is 63.9 Å². The van der Waals surface area contributed by atoms with Crippen molar-refractivity contribution in [3.05, 3.63) is 33.2 Å². The Morgan fingerprint density at radius 3 is 2.48 bits per heavy atom. The SMILES string of the molecule is O=c1ccc(C2CC2)nn1CC1CCN(c2nnc(C3CC3)s2)CC1. The minimum atomic E-state index is 0.0324. The van der Waals surface area contributed by atoms with E-state index in [1.165, 1.54) is 30.7 Å². The summed E-state index contributed by atoms with van der Waals surface area (Å²) in [6, 6.07) is 3.60. The van der Waals surface area contributed by atoms with Crippen molar-refractivity contribution in [2.24, 2.45) is 5.92 Å². The van der Waals surface area contributed by atoms with Gasteiger partial charge in [0, 0.05) is 37.5 Å². The second-order valence-corrected chi connectivity index (χ2v) is 8.67. The summed E-state index contributed by atoms with van der Waals surface area (Å²) < 4.78 is 1.70. The standard InChI is InChI=1S/C18H23N5OS/c24-16-6-5-15(13-1-2-13)21-23(16)11-12-7-9-22(10-8-12)18-20-19-17(25-18)14-3-4-14/h5-6,12-14H,1-4,7-11H2. The summed E-state index contributed by atoms with van der Waals surface area (Å²) >= 11 is 1.77. The zero-order valence-corrected chi connectivity index (χ0v) is 15.1. The van der Waals surface area contributed by atoms with E-state index in [1.54, 1.807) is 22.1 Å². The fourth-order valence-corrected chi connectivity index (χ4v) is 4.66. The van der Waals surface area contributed by atoms with Gasteiger partial charge in [-0.15, -0.1) is 10.2 Å². The fraction of sp³-hybridized carbons (Fsp3) is 0.667. The summed E-state index contributed by atoms with van der Waals surface area (Å²) in [5.41, 5.74) is 1.13. The largest absolute Gasteiger partial charge is 0.347 e. The molecule has 2 aromatic rings. The van der Waals surface area contributed by atoms with Crippen LogP contribution in [0.25, 0.3) is 0 Å². The maximum Gasteiger partial charge on any atom is 0.266 e. The first-order valence-electron chi connectivity index (χ1n) is 9.42. The minimum absolute atomic E-state index is 0.0324. The van der Waals surface area contributed by atoms with Crippen molar-refractivity contribution < 1.29 is 0 Å². The molecule has 0 spiro atoms. The lowest BCUT2D eigenvalue weighted by molar-refractivity contribution is 0.333. The van der Waals surface area contributed by atoms with Crippen LogP contribution in [0.15, 0.2) is 16.9 Å². The van der Waals surface area contributed by atoms with Gasteiger partial charge in [0.15, 0.2) is 0 Å². The van der Waals surface area contributed by atoms with E-state index in [0.717, 1.165) is 43.3 Å². The predicted molar refractivity (Wildman–Crippen MR) is 97.3 cm³/mol. The van der Waals surface area contributed by atoms with Crippen molar-refractivity contribution in [1.82, 2.24) is 20.0 Å². The van der Waals surface area contributed by atoms with Crippen molar-refractivity contribution in [3.8, 4) is 0 Å². The third-order valence-electron chi connectivity index (χ3n) is 5.56. The zero-order chi connectivity index (χ0) is 16.8. The molecule has 7 heteroatoms. The number of aromatic nitrogens is 4. The van der Waals surface area contributed by atoms with Gasteiger partial charge >= 0.3 is 0 Å². The van der Waals surface area contributed by atoms with Gasteiger partial charge in [0.2, 0.25) is 5.13 Å². The molecule has 0 atom stereocenters. The van der Waals surface area contributed by atoms with Gasteiger partial charge in [-0.3, -0.25) is 4.79 Å². The maximum absolute atomic E-state index is 12.1. The summed E-state index contributed by atoms with van der Waals surface area (Å²) in [7, 11) is 0. The van der Waals surface area contributed by atoms with Gasteiger partial charge in [-0.25, -0.2) is 4.68 Å². The number of hydrogen-bond acceptors (Lipinski definition) is 6. The Bertz CT molecular complexity index is 815. The van der Waals surface area contributed by atoms with Crippen molar-refractivity contribution in [1.29, 1.82) is 0 Å². The number of rotatable bonds is 5. The van der Waals surface area contributed by atoms with Crippen LogP contribution in [-0.4, -0.2) is 33.1 Å². The molecule has 132 valence electrons. The Kier molecular flexibility index (Phi) is 3.84. The van der Waals surface area contributed by atoms with Crippen LogP contribution >= 0.6 is 11.3 Å². The first-order chi connectivity index (χ1) is 12.3. The maximum atomic E-state index is 12.1. The van der Waals surface area contributed by atoms with E-state index in [1.807, 2.05) is 6.07 Å². The van der Waals surface area contributed by atoms with Crippen molar-refractivity contribution in [2.75, 3.05) is 18.0 Å². The van der Waals surface area contributed by atoms with Crippen LogP contribution in [0.4, 0.5) is 5.13 Å². The monoisotopic (exact) mass is 357 g/mol. The second-order valence-electron chi connectivity index (χ2n) is 7.68. The lowest BCUT2D eigenvalue weighted by atomic mass is 9.97. The molecule has 0 bridgehead atoms. The minimum Gasteiger partial charge on any atom is -0.347 e. The molecule has 0 radical (unpaired) electrons. The first kappa shape index (κ1) is 15.5. The van der Waals surface area contributed by atoms with Crippen LogP contribution in [0.2, 0.25) is 0 Å². The van der Waals surface area contributed by atoms with Gasteiger partial charge in [-0.2, -0.15) is 5.10 Å². The van der Waals surface area contributed by atoms with Crippen LogP contribution in [0.1, 0.15) is 61.1 Å². The molecule has 3 fully saturated rings. The Hall–Kier alpha value is -1.76. The van der Waals surface area contributed by atoms with E-state index in [4.69, 9.17) is 0 Å². The molecule has 0 N–H and O–H groups in total. The molecule has 2 aromatic heterocycles. The van der Waals surface area contributed by atoms with E-state index in [9.17, 15) is 4.79 Å². The van der Waals surface area contributed by atoms with Gasteiger partial charge in [0.25, 0.3) is 5.56 Å². The second kappa shape index (κ2) is 6.20. The molecule has 2 saturated carbocycles. The van der Waals surface area contributed by atoms with Crippen LogP contribution in [-0.2, 0) is 6.54 Å². The smallest absolute Gasteiger partial charge is 0.266 e. The average molecular weight is 357 g/mol. The van der Waals surface area contributed by atoms with E-state index in [0.29, 0.717) is 17.8 Å². The summed E-state index contributed by atoms with van der Waals surface area (Å²) in [5, 5.41) is 15.6. The molecular formula is C18H23N5OS. The lowest BCUT2D eigenvalue weighted by Gasteiger charge is -2.31. The molecule has 6 nitrogen and oxygen atoms in total. The summed E-state index contributed by atoms with van der Waals surface area (Å²) in [5.74, 6) is 1.79. The summed E-state index contributed by atoms with van der Waals surface area (Å²) in [6.45, 7) is 2.75. The molecule has 0 aromatic carbocycles. The molecule has 3 heterocycles. The van der Waals surface area contributed by atoms with Crippen LogP contribution in [0.5, 0.6) is 0 Å². The number of anilines is 1. The Morgan fingerprint density at radius 2 is 1.76 bits per heavy atom. The van der Waals surface area contributed by atoms with Gasteiger partial charge < -0.3 is 4.90 Å². The molecule has 25 heavy (non-hydrogen) atoms. The first-order valence-corrected chi connectivity index (χ1v) is 10.2. The summed E-state index contributed by atoms with van der Waals surface area (Å²) in [6.07, 6.45) is 7.15. The van der Waals surface area contributed by atoms with Gasteiger partial charge in [0.05, 0.1) is 5.69 Å². The highest BCUT2D eigenvalue weighted by Gasteiger charge is 2.30. The quantitative estimate of drug-likeness (QED) is 0.823. The van der Waals surface area contributed by atoms with E-state index < -0.39 is 0 Å². The highest BCUT2D eigenvalue weighted by molar-refractivity contribution is 7.15. The highest BCUT2D eigenvalue weighted by atomic mass is 32.1. The molecule has 2 aliphatic carbocycles. The molecule has 1 aliphatic heterocycles.